The number of benzene rings is 1. The van der Waals surface area contributed by atoms with E-state index in [1.165, 1.54) is 23.2 Å². The van der Waals surface area contributed by atoms with Crippen molar-refractivity contribution in [2.45, 2.75) is 6.42 Å². The Morgan fingerprint density at radius 3 is 2.70 bits per heavy atom. The summed E-state index contributed by atoms with van der Waals surface area (Å²) in [6.45, 7) is 0.472. The molecule has 0 aliphatic carbocycles. The largest absolute Gasteiger partial charge is 0.481 e. The standard InChI is InChI=1S/C15H13F2N3O3/c16-10-1-2-13(11(17)7-10)20-6-4-12(18-20)14(21)19-5-3-9(8-19)15(22)23/h1-2,4,6-7,9H,3,5,8H2,(H,22,23). The second-order valence-electron chi connectivity index (χ2n) is 5.32. The van der Waals surface area contributed by atoms with E-state index in [0.29, 0.717) is 13.0 Å². The average molecular weight is 321 g/mol. The molecule has 0 radical (unpaired) electrons. The topological polar surface area (TPSA) is 75.4 Å². The van der Waals surface area contributed by atoms with Crippen molar-refractivity contribution in [1.29, 1.82) is 0 Å². The first-order valence-corrected chi connectivity index (χ1v) is 6.99. The van der Waals surface area contributed by atoms with Gasteiger partial charge in [-0.3, -0.25) is 9.59 Å². The van der Waals surface area contributed by atoms with Crippen LogP contribution in [0.3, 0.4) is 0 Å². The van der Waals surface area contributed by atoms with E-state index in [2.05, 4.69) is 5.10 Å². The molecule has 1 aromatic heterocycles. The molecule has 1 aliphatic heterocycles. The summed E-state index contributed by atoms with van der Waals surface area (Å²) in [5.74, 6) is -3.41. The Morgan fingerprint density at radius 1 is 1.26 bits per heavy atom. The van der Waals surface area contributed by atoms with Crippen LogP contribution in [-0.2, 0) is 4.79 Å². The zero-order valence-electron chi connectivity index (χ0n) is 11.9. The number of hydrogen-bond donors (Lipinski definition) is 1. The Hall–Kier alpha value is -2.77. The molecule has 1 fully saturated rings. The van der Waals surface area contributed by atoms with Gasteiger partial charge in [0.15, 0.2) is 11.5 Å². The highest BCUT2D eigenvalue weighted by Crippen LogP contribution is 2.19. The van der Waals surface area contributed by atoms with E-state index in [1.807, 2.05) is 0 Å². The molecule has 8 heteroatoms. The van der Waals surface area contributed by atoms with Crippen LogP contribution in [0.4, 0.5) is 8.78 Å². The minimum Gasteiger partial charge on any atom is -0.481 e. The molecule has 2 heterocycles. The van der Waals surface area contributed by atoms with Gasteiger partial charge in [0, 0.05) is 25.4 Å². The lowest BCUT2D eigenvalue weighted by Gasteiger charge is -2.13. The van der Waals surface area contributed by atoms with E-state index in [1.54, 1.807) is 0 Å². The zero-order chi connectivity index (χ0) is 16.6. The van der Waals surface area contributed by atoms with Crippen molar-refractivity contribution in [2.24, 2.45) is 5.92 Å². The van der Waals surface area contributed by atoms with E-state index in [9.17, 15) is 18.4 Å². The van der Waals surface area contributed by atoms with Gasteiger partial charge in [0.1, 0.15) is 11.5 Å². The third kappa shape index (κ3) is 2.92. The molecule has 2 aromatic rings. The van der Waals surface area contributed by atoms with Crippen molar-refractivity contribution in [3.05, 3.63) is 47.8 Å². The first-order chi connectivity index (χ1) is 11.0. The minimum absolute atomic E-state index is 0.0234. The van der Waals surface area contributed by atoms with Gasteiger partial charge < -0.3 is 10.0 Å². The number of carbonyl (C=O) groups is 2. The first-order valence-electron chi connectivity index (χ1n) is 6.99. The minimum atomic E-state index is -0.931. The second-order valence-corrected chi connectivity index (χ2v) is 5.32. The second kappa shape index (κ2) is 5.79. The van der Waals surface area contributed by atoms with Crippen molar-refractivity contribution < 1.29 is 23.5 Å². The van der Waals surface area contributed by atoms with Gasteiger partial charge in [-0.05, 0) is 24.6 Å². The molecule has 120 valence electrons. The molecule has 0 saturated carbocycles. The molecular formula is C15H13F2N3O3. The maximum absolute atomic E-state index is 13.7. The van der Waals surface area contributed by atoms with Crippen LogP contribution in [-0.4, -0.2) is 44.8 Å². The lowest BCUT2D eigenvalue weighted by molar-refractivity contribution is -0.141. The number of amides is 1. The maximum Gasteiger partial charge on any atom is 0.308 e. The quantitative estimate of drug-likeness (QED) is 0.933. The number of rotatable bonds is 3. The normalized spacial score (nSPS) is 17.5. The third-order valence-corrected chi connectivity index (χ3v) is 3.79. The maximum atomic E-state index is 13.7. The summed E-state index contributed by atoms with van der Waals surface area (Å²) in [6.07, 6.45) is 1.79. The number of carboxylic acids is 1. The van der Waals surface area contributed by atoms with Crippen LogP contribution >= 0.6 is 0 Å². The van der Waals surface area contributed by atoms with Crippen LogP contribution < -0.4 is 0 Å². The predicted octanol–water partition coefficient (Wildman–Crippen LogP) is 1.70. The third-order valence-electron chi connectivity index (χ3n) is 3.79. The first kappa shape index (κ1) is 15.1. The molecule has 6 nitrogen and oxygen atoms in total. The molecule has 1 unspecified atom stereocenters. The fourth-order valence-electron chi connectivity index (χ4n) is 2.55. The van der Waals surface area contributed by atoms with E-state index in [-0.39, 0.29) is 17.9 Å². The number of aromatic nitrogens is 2. The van der Waals surface area contributed by atoms with Gasteiger partial charge in [0.2, 0.25) is 0 Å². The monoisotopic (exact) mass is 321 g/mol. The number of carbonyl (C=O) groups excluding carboxylic acids is 1. The zero-order valence-corrected chi connectivity index (χ0v) is 11.9. The Bertz CT molecular complexity index is 775. The Morgan fingerprint density at radius 2 is 2.04 bits per heavy atom. The van der Waals surface area contributed by atoms with Gasteiger partial charge in [-0.15, -0.1) is 0 Å². The molecule has 1 aliphatic rings. The smallest absolute Gasteiger partial charge is 0.308 e. The predicted molar refractivity (Wildman–Crippen MR) is 75.1 cm³/mol. The molecule has 1 aromatic carbocycles. The van der Waals surface area contributed by atoms with Crippen LogP contribution in [0.1, 0.15) is 16.9 Å². The Kier molecular flexibility index (Phi) is 3.81. The number of carboxylic acid groups (broad SMARTS) is 1. The molecule has 1 saturated heterocycles. The van der Waals surface area contributed by atoms with Crippen LogP contribution in [0.5, 0.6) is 0 Å². The highest BCUT2D eigenvalue weighted by molar-refractivity contribution is 5.93. The molecule has 23 heavy (non-hydrogen) atoms. The van der Waals surface area contributed by atoms with Gasteiger partial charge in [-0.2, -0.15) is 5.10 Å². The van der Waals surface area contributed by atoms with Gasteiger partial charge in [-0.25, -0.2) is 13.5 Å². The number of aliphatic carboxylic acids is 1. The van der Waals surface area contributed by atoms with Crippen molar-refractivity contribution in [2.75, 3.05) is 13.1 Å². The summed E-state index contributed by atoms with van der Waals surface area (Å²) in [5, 5.41) is 13.0. The molecular weight excluding hydrogens is 308 g/mol. The van der Waals surface area contributed by atoms with Crippen LogP contribution in [0.15, 0.2) is 30.5 Å². The molecule has 0 spiro atoms. The summed E-state index contributed by atoms with van der Waals surface area (Å²) in [7, 11) is 0. The molecule has 1 N–H and O–H groups in total. The fraction of sp³-hybridized carbons (Fsp3) is 0.267. The van der Waals surface area contributed by atoms with E-state index in [4.69, 9.17) is 5.11 Å². The van der Waals surface area contributed by atoms with E-state index >= 15 is 0 Å². The summed E-state index contributed by atoms with van der Waals surface area (Å²) in [6, 6.07) is 4.47. The van der Waals surface area contributed by atoms with Crippen molar-refractivity contribution in [3.63, 3.8) is 0 Å². The van der Waals surface area contributed by atoms with Crippen molar-refractivity contribution >= 4 is 11.9 Å². The highest BCUT2D eigenvalue weighted by Gasteiger charge is 2.32. The fourth-order valence-corrected chi connectivity index (χ4v) is 2.55. The van der Waals surface area contributed by atoms with Crippen LogP contribution in [0, 0.1) is 17.6 Å². The van der Waals surface area contributed by atoms with Crippen molar-refractivity contribution in [1.82, 2.24) is 14.7 Å². The number of likely N-dealkylation sites (tertiary alicyclic amines) is 1. The number of hydrogen-bond acceptors (Lipinski definition) is 3. The lowest BCUT2D eigenvalue weighted by Crippen LogP contribution is -2.30. The summed E-state index contributed by atoms with van der Waals surface area (Å²) in [5.41, 5.74) is 0.107. The van der Waals surface area contributed by atoms with Crippen LogP contribution in [0.25, 0.3) is 5.69 Å². The molecule has 1 amide bonds. The molecule has 0 bridgehead atoms. The lowest BCUT2D eigenvalue weighted by atomic mass is 10.1. The van der Waals surface area contributed by atoms with Gasteiger partial charge in [0.25, 0.3) is 5.91 Å². The SMILES string of the molecule is O=C(O)C1CCN(C(=O)c2ccn(-c3ccc(F)cc3F)n2)C1. The average Bonchev–Trinajstić information content (AvgIpc) is 3.16. The van der Waals surface area contributed by atoms with Gasteiger partial charge in [0.05, 0.1) is 5.92 Å². The summed E-state index contributed by atoms with van der Waals surface area (Å²) >= 11 is 0. The number of nitrogens with zero attached hydrogens (tertiary/aromatic N) is 3. The van der Waals surface area contributed by atoms with E-state index < -0.39 is 29.4 Å². The van der Waals surface area contributed by atoms with E-state index in [0.717, 1.165) is 16.8 Å². The van der Waals surface area contributed by atoms with Crippen molar-refractivity contribution in [3.8, 4) is 5.69 Å². The Labute approximate surface area is 129 Å². The van der Waals surface area contributed by atoms with Gasteiger partial charge >= 0.3 is 5.97 Å². The van der Waals surface area contributed by atoms with Crippen LogP contribution in [0.2, 0.25) is 0 Å². The molecule has 1 atom stereocenters. The van der Waals surface area contributed by atoms with Gasteiger partial charge in [-0.1, -0.05) is 0 Å². The highest BCUT2D eigenvalue weighted by atomic mass is 19.1. The molecule has 3 rings (SSSR count). The summed E-state index contributed by atoms with van der Waals surface area (Å²) < 4.78 is 27.8. The summed E-state index contributed by atoms with van der Waals surface area (Å²) in [4.78, 5) is 24.6. The Balaban J connectivity index is 1.79. The number of halogens is 2.